The van der Waals surface area contributed by atoms with Crippen LogP contribution in [-0.4, -0.2) is 57.3 Å². The molecular formula is C23H24N2O8. The van der Waals surface area contributed by atoms with Crippen molar-refractivity contribution in [3.63, 3.8) is 0 Å². The van der Waals surface area contributed by atoms with Crippen LogP contribution in [0.2, 0.25) is 0 Å². The molecule has 1 amide bonds. The van der Waals surface area contributed by atoms with Gasteiger partial charge in [0.25, 0.3) is 5.91 Å². The molecule has 1 aliphatic rings. The fourth-order valence-corrected chi connectivity index (χ4v) is 3.70. The third-order valence-electron chi connectivity index (χ3n) is 5.81. The van der Waals surface area contributed by atoms with Crippen LogP contribution in [0.5, 0.6) is 5.75 Å². The Kier molecular flexibility index (Phi) is 6.30. The van der Waals surface area contributed by atoms with Crippen molar-refractivity contribution in [3.8, 4) is 5.75 Å². The van der Waals surface area contributed by atoms with Gasteiger partial charge in [-0.05, 0) is 48.6 Å². The van der Waals surface area contributed by atoms with Gasteiger partial charge in [-0.15, -0.1) is 0 Å². The van der Waals surface area contributed by atoms with Crippen LogP contribution in [0, 0.1) is 5.41 Å². The average molecular weight is 456 g/mol. The molecule has 1 saturated heterocycles. The third-order valence-corrected chi connectivity index (χ3v) is 5.81. The molecule has 1 heterocycles. The Balaban J connectivity index is 1.97. The summed E-state index contributed by atoms with van der Waals surface area (Å²) in [6.07, 6.45) is 1.87. The van der Waals surface area contributed by atoms with E-state index in [-0.39, 0.29) is 16.7 Å². The largest absolute Gasteiger partial charge is 0.507 e. The second-order valence-electron chi connectivity index (χ2n) is 8.67. The lowest BCUT2D eigenvalue weighted by Crippen LogP contribution is -2.37. The normalized spacial score (nSPS) is 15.0. The molecular weight excluding hydrogens is 432 g/mol. The van der Waals surface area contributed by atoms with Gasteiger partial charge in [0.05, 0.1) is 22.4 Å². The van der Waals surface area contributed by atoms with E-state index >= 15 is 0 Å². The van der Waals surface area contributed by atoms with Crippen molar-refractivity contribution in [1.29, 1.82) is 0 Å². The zero-order valence-corrected chi connectivity index (χ0v) is 18.1. The van der Waals surface area contributed by atoms with E-state index in [9.17, 15) is 34.5 Å². The summed E-state index contributed by atoms with van der Waals surface area (Å²) in [5.41, 5.74) is -1.18. The van der Waals surface area contributed by atoms with Gasteiger partial charge in [-0.2, -0.15) is 0 Å². The molecule has 5 N–H and O–H groups in total. The molecule has 1 fully saturated rings. The molecule has 1 aliphatic heterocycles. The van der Waals surface area contributed by atoms with Crippen LogP contribution in [-0.2, 0) is 0 Å². The lowest BCUT2D eigenvalue weighted by Gasteiger charge is -2.38. The van der Waals surface area contributed by atoms with Gasteiger partial charge in [0, 0.05) is 18.8 Å². The first kappa shape index (κ1) is 23.6. The fourth-order valence-electron chi connectivity index (χ4n) is 3.70. The summed E-state index contributed by atoms with van der Waals surface area (Å²) in [7, 11) is 0. The Labute approximate surface area is 189 Å². The minimum atomic E-state index is -1.58. The van der Waals surface area contributed by atoms with Gasteiger partial charge >= 0.3 is 17.9 Å². The molecule has 2 aromatic carbocycles. The molecule has 2 aromatic rings. The Morgan fingerprint density at radius 2 is 1.39 bits per heavy atom. The van der Waals surface area contributed by atoms with Crippen molar-refractivity contribution in [2.24, 2.45) is 5.41 Å². The highest BCUT2D eigenvalue weighted by Crippen LogP contribution is 2.34. The molecule has 33 heavy (non-hydrogen) atoms. The van der Waals surface area contributed by atoms with Crippen LogP contribution >= 0.6 is 0 Å². The minimum Gasteiger partial charge on any atom is -0.507 e. The van der Waals surface area contributed by atoms with Crippen molar-refractivity contribution in [2.45, 2.75) is 26.7 Å². The average Bonchev–Trinajstić information content (AvgIpc) is 2.72. The minimum absolute atomic E-state index is 0.0482. The van der Waals surface area contributed by atoms with Crippen LogP contribution in [0.15, 0.2) is 30.3 Å². The lowest BCUT2D eigenvalue weighted by molar-refractivity contribution is 0.0679. The smallest absolute Gasteiger partial charge is 0.339 e. The maximum absolute atomic E-state index is 12.9. The molecule has 0 atom stereocenters. The fraction of sp³-hybridized carbons (Fsp3) is 0.304. The number of hydrogen-bond donors (Lipinski definition) is 5. The highest BCUT2D eigenvalue weighted by atomic mass is 16.4. The van der Waals surface area contributed by atoms with Crippen molar-refractivity contribution < 1.29 is 39.6 Å². The Bertz CT molecular complexity index is 1150. The Hall–Kier alpha value is -4.08. The van der Waals surface area contributed by atoms with Crippen molar-refractivity contribution in [3.05, 3.63) is 52.6 Å². The number of benzene rings is 2. The van der Waals surface area contributed by atoms with E-state index in [1.165, 1.54) is 12.1 Å². The first-order valence-electron chi connectivity index (χ1n) is 10.2. The molecule has 0 radical (unpaired) electrons. The van der Waals surface area contributed by atoms with Gasteiger partial charge < -0.3 is 30.6 Å². The maximum atomic E-state index is 12.9. The number of anilines is 2. The van der Waals surface area contributed by atoms with Crippen molar-refractivity contribution >= 4 is 35.2 Å². The summed E-state index contributed by atoms with van der Waals surface area (Å²) in [6, 6.07) is 5.92. The molecule has 0 saturated carbocycles. The van der Waals surface area contributed by atoms with Crippen LogP contribution in [0.25, 0.3) is 0 Å². The van der Waals surface area contributed by atoms with E-state index in [1.54, 1.807) is 6.07 Å². The number of carbonyl (C=O) groups is 4. The van der Waals surface area contributed by atoms with Gasteiger partial charge in [-0.3, -0.25) is 4.79 Å². The second kappa shape index (κ2) is 8.81. The summed E-state index contributed by atoms with van der Waals surface area (Å²) < 4.78 is 0. The number of hydrogen-bond acceptors (Lipinski definition) is 6. The molecule has 174 valence electrons. The molecule has 3 rings (SSSR count). The first-order valence-corrected chi connectivity index (χ1v) is 10.2. The number of nitrogens with zero attached hydrogens (tertiary/aromatic N) is 1. The van der Waals surface area contributed by atoms with E-state index in [2.05, 4.69) is 24.1 Å². The summed E-state index contributed by atoms with van der Waals surface area (Å²) in [4.78, 5) is 49.4. The van der Waals surface area contributed by atoms with E-state index in [1.807, 2.05) is 0 Å². The summed E-state index contributed by atoms with van der Waals surface area (Å²) in [6.45, 7) is 5.85. The highest BCUT2D eigenvalue weighted by molar-refractivity contribution is 6.13. The molecule has 0 unspecified atom stereocenters. The molecule has 0 aliphatic carbocycles. The van der Waals surface area contributed by atoms with Crippen LogP contribution < -0.4 is 10.2 Å². The van der Waals surface area contributed by atoms with Crippen LogP contribution in [0.1, 0.15) is 68.1 Å². The number of rotatable bonds is 6. The predicted molar refractivity (Wildman–Crippen MR) is 119 cm³/mol. The number of piperidine rings is 1. The third kappa shape index (κ3) is 5.05. The van der Waals surface area contributed by atoms with Gasteiger partial charge in [0.2, 0.25) is 0 Å². The second-order valence-corrected chi connectivity index (χ2v) is 8.67. The van der Waals surface area contributed by atoms with Crippen LogP contribution in [0.3, 0.4) is 0 Å². The number of aromatic hydroxyl groups is 1. The van der Waals surface area contributed by atoms with Crippen molar-refractivity contribution in [2.75, 3.05) is 23.3 Å². The molecule has 0 aromatic heterocycles. The highest BCUT2D eigenvalue weighted by Gasteiger charge is 2.27. The van der Waals surface area contributed by atoms with E-state index in [0.29, 0.717) is 11.8 Å². The number of carboxylic acids is 3. The first-order chi connectivity index (χ1) is 15.4. The molecule has 10 heteroatoms. The summed E-state index contributed by atoms with van der Waals surface area (Å²) in [5, 5.41) is 40.4. The zero-order valence-electron chi connectivity index (χ0n) is 18.1. The topological polar surface area (TPSA) is 164 Å². The quantitative estimate of drug-likeness (QED) is 0.438. The van der Waals surface area contributed by atoms with Gasteiger partial charge in [0.1, 0.15) is 11.3 Å². The number of aromatic carboxylic acids is 3. The number of amides is 1. The Morgan fingerprint density at radius 1 is 0.818 bits per heavy atom. The van der Waals surface area contributed by atoms with Gasteiger partial charge in [-0.25, -0.2) is 14.4 Å². The van der Waals surface area contributed by atoms with Crippen LogP contribution in [0.4, 0.5) is 11.4 Å². The zero-order chi connectivity index (χ0) is 24.5. The number of carbonyl (C=O) groups excluding carboxylic acids is 1. The lowest BCUT2D eigenvalue weighted by atomic mass is 9.82. The van der Waals surface area contributed by atoms with Crippen molar-refractivity contribution in [1.82, 2.24) is 0 Å². The number of phenols is 1. The number of carboxylic acid groups (broad SMARTS) is 3. The molecule has 0 bridgehead atoms. The number of nitrogens with one attached hydrogen (secondary N) is 1. The predicted octanol–water partition coefficient (Wildman–Crippen LogP) is 3.37. The van der Waals surface area contributed by atoms with E-state index in [4.69, 9.17) is 5.11 Å². The Morgan fingerprint density at radius 3 is 1.94 bits per heavy atom. The standard InChI is InChI=1S/C23H24N2O8/c1-23(2)5-7-25(8-6-23)12-3-4-13(20(28)29)17(9-12)24-19(27)14-11-18(26)16(22(32)33)10-15(14)21(30)31/h3-4,9-11,26H,5-8H2,1-2H3,(H,24,27)(H,28,29)(H,30,31)(H,32,33). The SMILES string of the molecule is CC1(C)CCN(c2ccc(C(=O)O)c(NC(=O)c3cc(O)c(C(=O)O)cc3C(=O)O)c2)CC1. The van der Waals surface area contributed by atoms with Gasteiger partial charge in [-0.1, -0.05) is 13.8 Å². The van der Waals surface area contributed by atoms with Gasteiger partial charge in [0.15, 0.2) is 0 Å². The summed E-state index contributed by atoms with van der Waals surface area (Å²) >= 11 is 0. The monoisotopic (exact) mass is 456 g/mol. The van der Waals surface area contributed by atoms with E-state index in [0.717, 1.165) is 32.0 Å². The molecule has 0 spiro atoms. The van der Waals surface area contributed by atoms with E-state index < -0.39 is 46.3 Å². The molecule has 10 nitrogen and oxygen atoms in total. The maximum Gasteiger partial charge on any atom is 0.339 e. The summed E-state index contributed by atoms with van der Waals surface area (Å²) in [5.74, 6) is -6.22.